The van der Waals surface area contributed by atoms with Crippen molar-refractivity contribution in [2.75, 3.05) is 34.4 Å². The first-order valence-electron chi connectivity index (χ1n) is 21.4. The molecule has 0 bridgehead atoms. The number of H-pyrrole nitrogens is 2. The first-order chi connectivity index (χ1) is 31.4. The zero-order chi connectivity index (χ0) is 46.0. The molecule has 0 radical (unpaired) electrons. The molecule has 0 aliphatic carbocycles. The van der Waals surface area contributed by atoms with E-state index in [1.54, 1.807) is 62.2 Å². The van der Waals surface area contributed by atoms with Crippen LogP contribution in [0.5, 0.6) is 40.4 Å². The molecule has 2 amide bonds. The van der Waals surface area contributed by atoms with Crippen molar-refractivity contribution in [3.05, 3.63) is 137 Å². The fraction of sp³-hybridized carbons (Fsp3) is 0.292. The summed E-state index contributed by atoms with van der Waals surface area (Å²) in [6.45, 7) is 11.3. The van der Waals surface area contributed by atoms with Gasteiger partial charge in [-0.05, 0) is 80.3 Å². The highest BCUT2D eigenvalue weighted by Crippen LogP contribution is 2.38. The molecular weight excluding hydrogens is 829 g/mol. The van der Waals surface area contributed by atoms with Gasteiger partial charge in [0.25, 0.3) is 11.8 Å². The molecule has 0 aliphatic heterocycles. The van der Waals surface area contributed by atoms with E-state index in [4.69, 9.17) is 23.7 Å². The minimum atomic E-state index is -0.567. The maximum absolute atomic E-state index is 12.5. The number of aromatic amines is 2. The Labute approximate surface area is 376 Å². The Bertz CT molecular complexity index is 2860. The second-order valence-corrected chi connectivity index (χ2v) is 15.7. The Hall–Kier alpha value is -7.82. The molecule has 0 fully saturated rings. The smallest absolute Gasteiger partial charge is 0.415 e. The van der Waals surface area contributed by atoms with E-state index < -0.39 is 6.09 Å². The number of carbonyl (C=O) groups excluding carboxylic acids is 2. The van der Waals surface area contributed by atoms with Gasteiger partial charge in [-0.1, -0.05) is 80.9 Å². The number of carbonyl (C=O) groups is 2. The third kappa shape index (κ3) is 11.0. The number of hydrogen-bond donors (Lipinski definition) is 3. The van der Waals surface area contributed by atoms with Crippen molar-refractivity contribution in [1.29, 1.82) is 0 Å². The molecule has 0 unspecified atom stereocenters. The van der Waals surface area contributed by atoms with Gasteiger partial charge in [-0.25, -0.2) is 14.8 Å². The second kappa shape index (κ2) is 20.6. The molecule has 8 aromatic rings. The number of nitrogens with zero attached hydrogens (tertiary/aromatic N) is 7. The van der Waals surface area contributed by atoms with Gasteiger partial charge in [0.05, 0.1) is 19.4 Å². The van der Waals surface area contributed by atoms with Gasteiger partial charge in [0.15, 0.2) is 23.1 Å². The van der Waals surface area contributed by atoms with Crippen LogP contribution in [0.3, 0.4) is 0 Å². The van der Waals surface area contributed by atoms with Gasteiger partial charge in [0.2, 0.25) is 17.0 Å². The minimum Gasteiger partial charge on any atom is -0.493 e. The highest BCUT2D eigenvalue weighted by molar-refractivity contribution is 5.94. The van der Waals surface area contributed by atoms with Crippen LogP contribution in [0, 0.1) is 13.8 Å². The second-order valence-electron chi connectivity index (χ2n) is 15.7. The van der Waals surface area contributed by atoms with E-state index in [1.807, 2.05) is 68.4 Å². The molecule has 0 spiro atoms. The van der Waals surface area contributed by atoms with Crippen molar-refractivity contribution >= 4 is 23.3 Å². The minimum absolute atomic E-state index is 0.0970. The van der Waals surface area contributed by atoms with Gasteiger partial charge in [-0.15, -0.1) is 19.5 Å². The molecule has 4 aromatic carbocycles. The van der Waals surface area contributed by atoms with Gasteiger partial charge in [0.1, 0.15) is 17.3 Å². The molecule has 0 saturated carbocycles. The van der Waals surface area contributed by atoms with E-state index >= 15 is 0 Å². The van der Waals surface area contributed by atoms with Gasteiger partial charge >= 0.3 is 6.09 Å². The van der Waals surface area contributed by atoms with E-state index in [0.29, 0.717) is 65.3 Å². The van der Waals surface area contributed by atoms with E-state index in [2.05, 4.69) is 62.5 Å². The fourth-order valence-electron chi connectivity index (χ4n) is 6.61. The summed E-state index contributed by atoms with van der Waals surface area (Å²) in [5.74, 6) is 4.89. The predicted molar refractivity (Wildman–Crippen MR) is 245 cm³/mol. The molecule has 65 heavy (non-hydrogen) atoms. The maximum Gasteiger partial charge on any atom is 0.415 e. The number of ether oxygens (including phenoxy) is 5. The topological polar surface area (TPSA) is 188 Å². The van der Waals surface area contributed by atoms with Crippen LogP contribution in [0.4, 0.5) is 4.79 Å². The number of rotatable bonds is 16. The van der Waals surface area contributed by atoms with Gasteiger partial charge < -0.3 is 33.9 Å². The SMILES string of the molecule is CCc1[nH]n2nc(C(C)C)nc2c1Oc1ccc(C(=O)NCCCOc2ccc(C)cc2C)cc1.COc1ccccc1Oc1nn2[nH]c(Cc3ccccc3)nc2c1OC(=O)N(C)C. The molecule has 0 atom stereocenters. The van der Waals surface area contributed by atoms with Crippen LogP contribution in [-0.2, 0) is 12.8 Å². The number of amides is 2. The molecule has 17 heteroatoms. The summed E-state index contributed by atoms with van der Waals surface area (Å²) in [5, 5.41) is 18.2. The van der Waals surface area contributed by atoms with Crippen LogP contribution >= 0.6 is 0 Å². The van der Waals surface area contributed by atoms with Crippen LogP contribution in [0.15, 0.2) is 97.1 Å². The number of hydrogen-bond acceptors (Lipinski definition) is 11. The lowest BCUT2D eigenvalue weighted by Crippen LogP contribution is -2.25. The number of fused-ring (bicyclic) bond motifs is 2. The summed E-state index contributed by atoms with van der Waals surface area (Å²) < 4.78 is 31.8. The van der Waals surface area contributed by atoms with E-state index in [1.165, 1.54) is 15.1 Å². The van der Waals surface area contributed by atoms with Crippen molar-refractivity contribution < 1.29 is 33.3 Å². The highest BCUT2D eigenvalue weighted by atomic mass is 16.6. The lowest BCUT2D eigenvalue weighted by atomic mass is 10.1. The average Bonchev–Trinajstić information content (AvgIpc) is 4.06. The predicted octanol–water partition coefficient (Wildman–Crippen LogP) is 8.86. The lowest BCUT2D eigenvalue weighted by molar-refractivity contribution is 0.0951. The largest absolute Gasteiger partial charge is 0.493 e. The molecule has 4 aromatic heterocycles. The Kier molecular flexibility index (Phi) is 14.3. The standard InChI is InChI=1S/C27H33N5O3.C21H21N5O4/c1-6-22-24(26-29-25(17(2)3)31-32(26)30-22)35-21-11-9-20(10-12-21)27(33)28-14-7-15-34-23-13-8-18(4)16-19(23)5;1-25(2)21(27)30-18-19-22-17(13-14-9-5-4-6-10-14)23-26(19)24-20(18)29-16-12-8-7-11-15(16)28-3/h8-13,16-17,30H,6-7,14-15H2,1-5H3,(H,28,33);4-12H,13H2,1-3H3,(H,22,23). The van der Waals surface area contributed by atoms with E-state index in [-0.39, 0.29) is 23.5 Å². The normalized spacial score (nSPS) is 11.0. The zero-order valence-corrected chi connectivity index (χ0v) is 37.8. The summed E-state index contributed by atoms with van der Waals surface area (Å²) in [5.41, 5.74) is 5.92. The van der Waals surface area contributed by atoms with Crippen molar-refractivity contribution in [1.82, 2.24) is 49.8 Å². The van der Waals surface area contributed by atoms with Crippen molar-refractivity contribution in [2.45, 2.75) is 59.8 Å². The summed E-state index contributed by atoms with van der Waals surface area (Å²) in [6.07, 6.45) is 1.49. The number of para-hydroxylation sites is 2. The van der Waals surface area contributed by atoms with Gasteiger partial charge in [-0.3, -0.25) is 15.0 Å². The number of benzene rings is 4. The zero-order valence-electron chi connectivity index (χ0n) is 37.8. The first-order valence-corrected chi connectivity index (χ1v) is 21.4. The Morgan fingerprint density at radius 1 is 0.800 bits per heavy atom. The third-order valence-electron chi connectivity index (χ3n) is 10.1. The summed E-state index contributed by atoms with van der Waals surface area (Å²) in [4.78, 5) is 35.2. The average molecular weight is 883 g/mol. The highest BCUT2D eigenvalue weighted by Gasteiger charge is 2.25. The quantitative estimate of drug-likeness (QED) is 0.0787. The summed E-state index contributed by atoms with van der Waals surface area (Å²) in [7, 11) is 4.73. The van der Waals surface area contributed by atoms with Crippen molar-refractivity contribution in [3.63, 3.8) is 0 Å². The fourth-order valence-corrected chi connectivity index (χ4v) is 6.61. The molecule has 17 nitrogen and oxygen atoms in total. The van der Waals surface area contributed by atoms with Crippen molar-refractivity contribution in [2.24, 2.45) is 0 Å². The molecular formula is C48H54N10O7. The Balaban J connectivity index is 0.000000196. The number of nitrogens with one attached hydrogen (secondary N) is 3. The van der Waals surface area contributed by atoms with Crippen molar-refractivity contribution in [3.8, 4) is 40.4 Å². The Morgan fingerprint density at radius 2 is 1.51 bits per heavy atom. The van der Waals surface area contributed by atoms with Crippen LogP contribution in [0.2, 0.25) is 0 Å². The molecule has 0 aliphatic rings. The molecule has 8 rings (SSSR count). The van der Waals surface area contributed by atoms with Crippen LogP contribution < -0.4 is 29.0 Å². The Morgan fingerprint density at radius 3 is 2.20 bits per heavy atom. The van der Waals surface area contributed by atoms with E-state index in [9.17, 15) is 9.59 Å². The monoisotopic (exact) mass is 882 g/mol. The maximum atomic E-state index is 12.5. The summed E-state index contributed by atoms with van der Waals surface area (Å²) in [6, 6.07) is 30.3. The molecule has 0 saturated heterocycles. The van der Waals surface area contributed by atoms with Crippen LogP contribution in [-0.4, -0.2) is 90.9 Å². The first kappa shape index (κ1) is 45.2. The number of aromatic nitrogens is 8. The molecule has 3 N–H and O–H groups in total. The number of aryl methyl sites for hydroxylation is 3. The van der Waals surface area contributed by atoms with Crippen LogP contribution in [0.25, 0.3) is 11.3 Å². The molecule has 338 valence electrons. The third-order valence-corrected chi connectivity index (χ3v) is 10.1. The number of methoxy groups -OCH3 is 1. The summed E-state index contributed by atoms with van der Waals surface area (Å²) >= 11 is 0. The van der Waals surface area contributed by atoms with Gasteiger partial charge in [0, 0.05) is 38.5 Å². The van der Waals surface area contributed by atoms with Gasteiger partial charge in [-0.2, -0.15) is 0 Å². The molecule has 4 heterocycles. The lowest BCUT2D eigenvalue weighted by Gasteiger charge is -2.11. The van der Waals surface area contributed by atoms with Crippen LogP contribution in [0.1, 0.15) is 77.5 Å². The van der Waals surface area contributed by atoms with E-state index in [0.717, 1.165) is 41.2 Å².